The lowest BCUT2D eigenvalue weighted by Gasteiger charge is -2.01. The maximum Gasteiger partial charge on any atom is 0.115 e. The first-order chi connectivity index (χ1) is 8.69. The van der Waals surface area contributed by atoms with E-state index in [1.54, 1.807) is 12.1 Å². The van der Waals surface area contributed by atoms with Crippen LogP contribution in [-0.2, 0) is 0 Å². The minimum Gasteiger partial charge on any atom is -0.508 e. The second-order valence-electron chi connectivity index (χ2n) is 4.14. The zero-order valence-electron chi connectivity index (χ0n) is 10.2. The Hall–Kier alpha value is -2.46. The number of phenols is 1. The molecule has 0 spiro atoms. The Labute approximate surface area is 107 Å². The van der Waals surface area contributed by atoms with Crippen molar-refractivity contribution >= 4 is 12.2 Å². The van der Waals surface area contributed by atoms with Crippen LogP contribution in [-0.4, -0.2) is 5.11 Å². The Morgan fingerprint density at radius 2 is 1.94 bits per heavy atom. The fourth-order valence-electron chi connectivity index (χ4n) is 1.77. The fraction of sp³-hybridized carbons (Fsp3) is 0.0588. The van der Waals surface area contributed by atoms with Gasteiger partial charge in [0.2, 0.25) is 0 Å². The van der Waals surface area contributed by atoms with E-state index in [2.05, 4.69) is 5.92 Å². The number of benzene rings is 2. The van der Waals surface area contributed by atoms with Crippen LogP contribution >= 0.6 is 0 Å². The van der Waals surface area contributed by atoms with Gasteiger partial charge in [-0.1, -0.05) is 36.3 Å². The summed E-state index contributed by atoms with van der Waals surface area (Å²) >= 11 is 0. The van der Waals surface area contributed by atoms with Crippen molar-refractivity contribution in [2.75, 3.05) is 0 Å². The lowest BCUT2D eigenvalue weighted by molar-refractivity contribution is 0.475. The molecule has 0 aliphatic heterocycles. The molecule has 1 N–H and O–H groups in total. The van der Waals surface area contributed by atoms with Crippen LogP contribution in [0.25, 0.3) is 12.2 Å². The summed E-state index contributed by atoms with van der Waals surface area (Å²) in [7, 11) is 0. The fourth-order valence-corrected chi connectivity index (χ4v) is 1.77. The third-order valence-electron chi connectivity index (χ3n) is 2.76. The number of aryl methyl sites for hydroxylation is 1. The normalized spacial score (nSPS) is 10.4. The summed E-state index contributed by atoms with van der Waals surface area (Å²) in [5.41, 5.74) is 4.07. The number of rotatable bonds is 2. The van der Waals surface area contributed by atoms with Gasteiger partial charge in [-0.25, -0.2) is 0 Å². The van der Waals surface area contributed by atoms with Gasteiger partial charge >= 0.3 is 0 Å². The number of terminal acetylenes is 1. The minimum atomic E-state index is 0.291. The molecule has 0 unspecified atom stereocenters. The summed E-state index contributed by atoms with van der Waals surface area (Å²) in [6.45, 7) is 1.97. The van der Waals surface area contributed by atoms with E-state index in [1.165, 1.54) is 0 Å². The molecule has 88 valence electrons. The highest BCUT2D eigenvalue weighted by atomic mass is 16.3. The number of hydrogen-bond donors (Lipinski definition) is 1. The molecule has 0 fully saturated rings. The van der Waals surface area contributed by atoms with Crippen LogP contribution in [0.5, 0.6) is 5.75 Å². The highest BCUT2D eigenvalue weighted by molar-refractivity contribution is 5.72. The molecule has 1 nitrogen and oxygen atoms in total. The van der Waals surface area contributed by atoms with Crippen LogP contribution in [0.1, 0.15) is 22.3 Å². The largest absolute Gasteiger partial charge is 0.508 e. The van der Waals surface area contributed by atoms with Crippen molar-refractivity contribution < 1.29 is 5.11 Å². The zero-order chi connectivity index (χ0) is 13.0. The van der Waals surface area contributed by atoms with E-state index >= 15 is 0 Å². The number of aromatic hydroxyl groups is 1. The van der Waals surface area contributed by atoms with E-state index in [-0.39, 0.29) is 0 Å². The maximum atomic E-state index is 9.34. The van der Waals surface area contributed by atoms with Gasteiger partial charge in [0.25, 0.3) is 0 Å². The smallest absolute Gasteiger partial charge is 0.115 e. The Kier molecular flexibility index (Phi) is 3.50. The molecule has 0 saturated carbocycles. The van der Waals surface area contributed by atoms with Crippen LogP contribution in [0, 0.1) is 19.3 Å². The molecule has 0 amide bonds. The van der Waals surface area contributed by atoms with Gasteiger partial charge in [-0.2, -0.15) is 0 Å². The zero-order valence-corrected chi connectivity index (χ0v) is 10.2. The van der Waals surface area contributed by atoms with E-state index in [9.17, 15) is 5.11 Å². The van der Waals surface area contributed by atoms with Crippen molar-refractivity contribution in [1.29, 1.82) is 0 Å². The average molecular weight is 234 g/mol. The highest BCUT2D eigenvalue weighted by Crippen LogP contribution is 2.18. The molecule has 0 heterocycles. The van der Waals surface area contributed by atoms with Crippen LogP contribution in [0.3, 0.4) is 0 Å². The van der Waals surface area contributed by atoms with Crippen molar-refractivity contribution in [3.8, 4) is 18.1 Å². The lowest BCUT2D eigenvalue weighted by Crippen LogP contribution is -1.80. The first-order valence-corrected chi connectivity index (χ1v) is 5.73. The second-order valence-corrected chi connectivity index (χ2v) is 4.14. The van der Waals surface area contributed by atoms with Gasteiger partial charge < -0.3 is 5.11 Å². The summed E-state index contributed by atoms with van der Waals surface area (Å²) in [4.78, 5) is 0. The van der Waals surface area contributed by atoms with Gasteiger partial charge in [-0.15, -0.1) is 6.42 Å². The average Bonchev–Trinajstić information content (AvgIpc) is 2.38. The van der Waals surface area contributed by atoms with Crippen molar-refractivity contribution in [2.24, 2.45) is 0 Å². The number of hydrogen-bond acceptors (Lipinski definition) is 1. The molecule has 0 aliphatic carbocycles. The molecule has 18 heavy (non-hydrogen) atoms. The van der Waals surface area contributed by atoms with Crippen LogP contribution < -0.4 is 0 Å². The quantitative estimate of drug-likeness (QED) is 0.618. The van der Waals surface area contributed by atoms with Crippen molar-refractivity contribution in [1.82, 2.24) is 0 Å². The molecule has 2 aromatic rings. The number of phenolic OH excluding ortho intramolecular Hbond substituents is 1. The van der Waals surface area contributed by atoms with E-state index in [1.807, 2.05) is 49.4 Å². The van der Waals surface area contributed by atoms with Crippen LogP contribution in [0.2, 0.25) is 0 Å². The molecule has 1 heteroatoms. The van der Waals surface area contributed by atoms with E-state index < -0.39 is 0 Å². The van der Waals surface area contributed by atoms with Crippen molar-refractivity contribution in [3.05, 3.63) is 64.7 Å². The predicted molar refractivity (Wildman–Crippen MR) is 76.1 cm³/mol. The summed E-state index contributed by atoms with van der Waals surface area (Å²) in [6.07, 6.45) is 9.40. The Bertz CT molecular complexity index is 630. The molecule has 0 bridgehead atoms. The molecule has 2 rings (SSSR count). The lowest BCUT2D eigenvalue weighted by atomic mass is 10.1. The summed E-state index contributed by atoms with van der Waals surface area (Å²) in [5.74, 6) is 2.91. The van der Waals surface area contributed by atoms with Gasteiger partial charge in [0, 0.05) is 5.56 Å². The Balaban J connectivity index is 2.27. The molecule has 0 atom stereocenters. The van der Waals surface area contributed by atoms with Gasteiger partial charge in [-0.05, 0) is 47.9 Å². The summed E-state index contributed by atoms with van der Waals surface area (Å²) in [5, 5.41) is 9.34. The molecule has 0 aliphatic rings. The summed E-state index contributed by atoms with van der Waals surface area (Å²) in [6, 6.07) is 13.1. The van der Waals surface area contributed by atoms with Crippen LogP contribution in [0.4, 0.5) is 0 Å². The highest BCUT2D eigenvalue weighted by Gasteiger charge is 1.96. The van der Waals surface area contributed by atoms with Gasteiger partial charge in [0.05, 0.1) is 0 Å². The molecule has 0 aromatic heterocycles. The van der Waals surface area contributed by atoms with Gasteiger partial charge in [-0.3, -0.25) is 0 Å². The molecule has 0 radical (unpaired) electrons. The van der Waals surface area contributed by atoms with Crippen molar-refractivity contribution in [3.63, 3.8) is 0 Å². The molecule has 0 saturated heterocycles. The maximum absolute atomic E-state index is 9.34. The van der Waals surface area contributed by atoms with E-state index in [0.29, 0.717) is 5.75 Å². The standard InChI is InChI=1S/C17H14O/c1-3-14-5-4-6-15(12-14)7-8-16-9-10-17(18)11-13(16)2/h1,4-12,18H,2H3/b8-7+. The van der Waals surface area contributed by atoms with E-state index in [0.717, 1.165) is 22.3 Å². The molecular weight excluding hydrogens is 220 g/mol. The monoisotopic (exact) mass is 234 g/mol. The topological polar surface area (TPSA) is 20.2 Å². The van der Waals surface area contributed by atoms with E-state index in [4.69, 9.17) is 6.42 Å². The molecular formula is C17H14O. The first kappa shape index (κ1) is 12.0. The predicted octanol–water partition coefficient (Wildman–Crippen LogP) is 3.85. The SMILES string of the molecule is C#Cc1cccc(/C=C/c2ccc(O)cc2C)c1. The summed E-state index contributed by atoms with van der Waals surface area (Å²) < 4.78 is 0. The molecule has 2 aromatic carbocycles. The Morgan fingerprint density at radius 3 is 2.67 bits per heavy atom. The first-order valence-electron chi connectivity index (χ1n) is 5.73. The second kappa shape index (κ2) is 5.25. The van der Waals surface area contributed by atoms with Gasteiger partial charge in [0.1, 0.15) is 5.75 Å². The van der Waals surface area contributed by atoms with Crippen molar-refractivity contribution in [2.45, 2.75) is 6.92 Å². The Morgan fingerprint density at radius 1 is 1.11 bits per heavy atom. The van der Waals surface area contributed by atoms with Gasteiger partial charge in [0.15, 0.2) is 0 Å². The minimum absolute atomic E-state index is 0.291. The third kappa shape index (κ3) is 2.81. The van der Waals surface area contributed by atoms with Crippen LogP contribution in [0.15, 0.2) is 42.5 Å². The third-order valence-corrected chi connectivity index (χ3v) is 2.76.